The minimum absolute atomic E-state index is 0.0684. The third kappa shape index (κ3) is 4.70. The first kappa shape index (κ1) is 19.9. The van der Waals surface area contributed by atoms with Crippen LogP contribution in [0.1, 0.15) is 44.9 Å². The normalized spacial score (nSPS) is 12.8. The van der Waals surface area contributed by atoms with Gasteiger partial charge in [0.1, 0.15) is 5.60 Å². The van der Waals surface area contributed by atoms with Gasteiger partial charge in [-0.05, 0) is 55.5 Å². The molecule has 3 rings (SSSR count). The molecule has 28 heavy (non-hydrogen) atoms. The van der Waals surface area contributed by atoms with Crippen LogP contribution in [0.3, 0.4) is 0 Å². The third-order valence-electron chi connectivity index (χ3n) is 4.56. The Morgan fingerprint density at radius 2 is 1.86 bits per heavy atom. The average Bonchev–Trinajstić information content (AvgIpc) is 3.07. The highest BCUT2D eigenvalue weighted by molar-refractivity contribution is 5.86. The summed E-state index contributed by atoms with van der Waals surface area (Å²) >= 11 is 0. The Morgan fingerprint density at radius 1 is 1.18 bits per heavy atom. The second-order valence-electron chi connectivity index (χ2n) is 8.00. The predicted octanol–water partition coefficient (Wildman–Crippen LogP) is 4.35. The summed E-state index contributed by atoms with van der Waals surface area (Å²) in [5.74, 6) is 0.166. The number of nitrogens with one attached hydrogen (secondary N) is 2. The molecule has 0 radical (unpaired) electrons. The summed E-state index contributed by atoms with van der Waals surface area (Å²) in [5, 5.41) is 20.2. The molecule has 6 heteroatoms. The zero-order valence-corrected chi connectivity index (χ0v) is 16.7. The number of amides is 1. The molecule has 1 amide bonds. The Labute approximate surface area is 164 Å². The van der Waals surface area contributed by atoms with Gasteiger partial charge in [0.2, 0.25) is 0 Å². The van der Waals surface area contributed by atoms with Gasteiger partial charge in [-0.3, -0.25) is 5.10 Å². The number of aliphatic hydroxyl groups excluding tert-OH is 1. The van der Waals surface area contributed by atoms with Gasteiger partial charge in [-0.15, -0.1) is 0 Å². The number of fused-ring (bicyclic) bond motifs is 1. The van der Waals surface area contributed by atoms with Crippen LogP contribution >= 0.6 is 0 Å². The Hall–Kier alpha value is -2.86. The Morgan fingerprint density at radius 3 is 2.50 bits per heavy atom. The minimum atomic E-state index is -0.499. The lowest BCUT2D eigenvalue weighted by Gasteiger charge is -2.21. The van der Waals surface area contributed by atoms with Crippen molar-refractivity contribution in [2.75, 3.05) is 6.54 Å². The summed E-state index contributed by atoms with van der Waals surface area (Å²) in [6.45, 7) is 8.05. The highest BCUT2D eigenvalue weighted by Gasteiger charge is 2.17. The largest absolute Gasteiger partial charge is 0.444 e. The SMILES string of the molecule is CC(CNC(=O)OC(C)(C)C)c1ccc(-c2ccc3n[nH]c(CO)c3c2)cc1. The smallest absolute Gasteiger partial charge is 0.407 e. The molecule has 0 saturated heterocycles. The Bertz CT molecular complexity index is 955. The Balaban J connectivity index is 1.68. The summed E-state index contributed by atoms with van der Waals surface area (Å²) in [7, 11) is 0. The van der Waals surface area contributed by atoms with Gasteiger partial charge in [0.05, 0.1) is 17.8 Å². The first-order valence-electron chi connectivity index (χ1n) is 9.42. The number of hydrogen-bond acceptors (Lipinski definition) is 4. The standard InChI is InChI=1S/C22H27N3O3/c1-14(12-23-21(27)28-22(2,3)4)15-5-7-16(8-6-15)17-9-10-19-18(11-17)20(13-26)25-24-19/h5-11,14,26H,12-13H2,1-4H3,(H,23,27)(H,24,25). The van der Waals surface area contributed by atoms with Crippen molar-refractivity contribution in [1.82, 2.24) is 15.5 Å². The quantitative estimate of drug-likeness (QED) is 0.613. The highest BCUT2D eigenvalue weighted by atomic mass is 16.6. The molecular weight excluding hydrogens is 354 g/mol. The van der Waals surface area contributed by atoms with Crippen LogP contribution in [0.5, 0.6) is 0 Å². The molecule has 3 N–H and O–H groups in total. The maximum atomic E-state index is 11.8. The molecule has 0 aliphatic carbocycles. The lowest BCUT2D eigenvalue weighted by molar-refractivity contribution is 0.0525. The number of carbonyl (C=O) groups is 1. The van der Waals surface area contributed by atoms with E-state index in [1.165, 1.54) is 0 Å². The summed E-state index contributed by atoms with van der Waals surface area (Å²) in [6.07, 6.45) is -0.399. The van der Waals surface area contributed by atoms with E-state index in [1.807, 2.05) is 39.0 Å². The van der Waals surface area contributed by atoms with Crippen LogP contribution in [-0.4, -0.2) is 33.5 Å². The van der Waals surface area contributed by atoms with Crippen molar-refractivity contribution in [2.45, 2.75) is 45.8 Å². The van der Waals surface area contributed by atoms with Crippen molar-refractivity contribution < 1.29 is 14.6 Å². The zero-order chi connectivity index (χ0) is 20.3. The molecular formula is C22H27N3O3. The van der Waals surface area contributed by atoms with Gasteiger partial charge >= 0.3 is 6.09 Å². The summed E-state index contributed by atoms with van der Waals surface area (Å²) < 4.78 is 5.27. The number of rotatable bonds is 5. The van der Waals surface area contributed by atoms with Gasteiger partial charge in [-0.25, -0.2) is 4.79 Å². The van der Waals surface area contributed by atoms with E-state index in [4.69, 9.17) is 4.74 Å². The first-order chi connectivity index (χ1) is 13.3. The molecule has 0 fully saturated rings. The van der Waals surface area contributed by atoms with Crippen molar-refractivity contribution in [3.63, 3.8) is 0 Å². The van der Waals surface area contributed by atoms with E-state index in [9.17, 15) is 9.90 Å². The summed E-state index contributed by atoms with van der Waals surface area (Å²) in [6, 6.07) is 14.3. The number of carbonyl (C=O) groups excluding carboxylic acids is 1. The zero-order valence-electron chi connectivity index (χ0n) is 16.7. The number of alkyl carbamates (subject to hydrolysis) is 1. The number of H-pyrrole nitrogens is 1. The van der Waals surface area contributed by atoms with Crippen LogP contribution in [0.25, 0.3) is 22.0 Å². The lowest BCUT2D eigenvalue weighted by atomic mass is 9.97. The fraction of sp³-hybridized carbons (Fsp3) is 0.364. The molecule has 0 spiro atoms. The number of ether oxygens (including phenoxy) is 1. The van der Waals surface area contributed by atoms with Crippen LogP contribution in [-0.2, 0) is 11.3 Å². The molecule has 148 valence electrons. The van der Waals surface area contributed by atoms with Crippen LogP contribution in [0, 0.1) is 0 Å². The Kier molecular flexibility index (Phi) is 5.70. The maximum Gasteiger partial charge on any atom is 0.407 e. The first-order valence-corrected chi connectivity index (χ1v) is 9.42. The topological polar surface area (TPSA) is 87.2 Å². The van der Waals surface area contributed by atoms with E-state index in [0.29, 0.717) is 6.54 Å². The number of aromatic nitrogens is 2. The van der Waals surface area contributed by atoms with E-state index in [-0.39, 0.29) is 12.5 Å². The van der Waals surface area contributed by atoms with Crippen molar-refractivity contribution in [3.05, 3.63) is 53.7 Å². The van der Waals surface area contributed by atoms with Crippen LogP contribution in [0.15, 0.2) is 42.5 Å². The predicted molar refractivity (Wildman–Crippen MR) is 110 cm³/mol. The van der Waals surface area contributed by atoms with Gasteiger partial charge in [-0.1, -0.05) is 37.3 Å². The number of benzene rings is 2. The maximum absolute atomic E-state index is 11.8. The van der Waals surface area contributed by atoms with Crippen molar-refractivity contribution in [3.8, 4) is 11.1 Å². The van der Waals surface area contributed by atoms with Crippen molar-refractivity contribution in [2.24, 2.45) is 0 Å². The van der Waals surface area contributed by atoms with E-state index in [0.717, 1.165) is 33.3 Å². The van der Waals surface area contributed by atoms with Crippen LogP contribution < -0.4 is 5.32 Å². The average molecular weight is 381 g/mol. The fourth-order valence-corrected chi connectivity index (χ4v) is 3.04. The van der Waals surface area contributed by atoms with Gasteiger partial charge in [0, 0.05) is 11.9 Å². The van der Waals surface area contributed by atoms with Gasteiger partial charge < -0.3 is 15.2 Å². The number of hydrogen-bond donors (Lipinski definition) is 3. The summed E-state index contributed by atoms with van der Waals surface area (Å²) in [5.41, 5.74) is 4.35. The van der Waals surface area contributed by atoms with E-state index >= 15 is 0 Å². The van der Waals surface area contributed by atoms with E-state index in [2.05, 4.69) is 46.7 Å². The molecule has 1 atom stereocenters. The molecule has 2 aromatic carbocycles. The molecule has 6 nitrogen and oxygen atoms in total. The van der Waals surface area contributed by atoms with Gasteiger partial charge in [0.15, 0.2) is 0 Å². The monoisotopic (exact) mass is 381 g/mol. The lowest BCUT2D eigenvalue weighted by Crippen LogP contribution is -2.34. The number of aliphatic hydroxyl groups is 1. The van der Waals surface area contributed by atoms with Crippen LogP contribution in [0.2, 0.25) is 0 Å². The molecule has 0 bridgehead atoms. The molecule has 0 saturated carbocycles. The molecule has 3 aromatic rings. The third-order valence-corrected chi connectivity index (χ3v) is 4.56. The van der Waals surface area contributed by atoms with Crippen LogP contribution in [0.4, 0.5) is 4.79 Å². The number of nitrogens with zero attached hydrogens (tertiary/aromatic N) is 1. The highest BCUT2D eigenvalue weighted by Crippen LogP contribution is 2.27. The molecule has 1 unspecified atom stereocenters. The molecule has 1 aromatic heterocycles. The molecule has 0 aliphatic rings. The van der Waals surface area contributed by atoms with Gasteiger partial charge in [0.25, 0.3) is 0 Å². The fourth-order valence-electron chi connectivity index (χ4n) is 3.04. The number of aromatic amines is 1. The van der Waals surface area contributed by atoms with Crippen molar-refractivity contribution in [1.29, 1.82) is 0 Å². The second-order valence-corrected chi connectivity index (χ2v) is 8.00. The van der Waals surface area contributed by atoms with Gasteiger partial charge in [-0.2, -0.15) is 5.10 Å². The van der Waals surface area contributed by atoms with Crippen molar-refractivity contribution >= 4 is 17.0 Å². The minimum Gasteiger partial charge on any atom is -0.444 e. The molecule has 0 aliphatic heterocycles. The van der Waals surface area contributed by atoms with E-state index in [1.54, 1.807) is 0 Å². The summed E-state index contributed by atoms with van der Waals surface area (Å²) in [4.78, 5) is 11.8. The second kappa shape index (κ2) is 8.02. The van der Waals surface area contributed by atoms with E-state index < -0.39 is 11.7 Å². The molecule has 1 heterocycles.